The van der Waals surface area contributed by atoms with Crippen LogP contribution in [-0.2, 0) is 25.5 Å². The van der Waals surface area contributed by atoms with E-state index in [0.29, 0.717) is 13.3 Å². The fourth-order valence-corrected chi connectivity index (χ4v) is 6.53. The molecular weight excluding hydrogens is 556 g/mol. The SMILES string of the molecule is CCC(CCC1C([C@H](C)OCNCc2c(C)cc(C)[nH]c2=O)=CN(CC)C(C(C)N2CCOCC2)=C1C)C(=O)OC(C)(C)C. The largest absolute Gasteiger partial charge is 0.460 e. The van der Waals surface area contributed by atoms with Gasteiger partial charge < -0.3 is 24.1 Å². The highest BCUT2D eigenvalue weighted by Gasteiger charge is 2.35. The summed E-state index contributed by atoms with van der Waals surface area (Å²) in [5.74, 6) is -0.124. The number of esters is 1. The minimum atomic E-state index is -0.504. The van der Waals surface area contributed by atoms with Gasteiger partial charge in [0.15, 0.2) is 0 Å². The van der Waals surface area contributed by atoms with Crippen LogP contribution in [0.5, 0.6) is 0 Å². The number of aromatic nitrogens is 1. The number of hydrogen-bond acceptors (Lipinski definition) is 8. The minimum Gasteiger partial charge on any atom is -0.460 e. The lowest BCUT2D eigenvalue weighted by atomic mass is 9.79. The fourth-order valence-electron chi connectivity index (χ4n) is 6.53. The van der Waals surface area contributed by atoms with Gasteiger partial charge in [-0.15, -0.1) is 0 Å². The van der Waals surface area contributed by atoms with Crippen LogP contribution in [0.4, 0.5) is 0 Å². The maximum absolute atomic E-state index is 13.1. The van der Waals surface area contributed by atoms with Crippen molar-refractivity contribution in [1.29, 1.82) is 0 Å². The predicted molar refractivity (Wildman–Crippen MR) is 176 cm³/mol. The van der Waals surface area contributed by atoms with Crippen molar-refractivity contribution in [3.8, 4) is 0 Å². The van der Waals surface area contributed by atoms with Crippen molar-refractivity contribution in [1.82, 2.24) is 20.1 Å². The Morgan fingerprint density at radius 2 is 1.84 bits per heavy atom. The van der Waals surface area contributed by atoms with Crippen LogP contribution in [0.15, 0.2) is 33.9 Å². The lowest BCUT2D eigenvalue weighted by molar-refractivity contribution is -0.160. The lowest BCUT2D eigenvalue weighted by Crippen LogP contribution is -2.47. The molecule has 0 saturated carbocycles. The minimum absolute atomic E-state index is 0.0603. The van der Waals surface area contributed by atoms with E-state index in [4.69, 9.17) is 14.2 Å². The van der Waals surface area contributed by atoms with E-state index in [0.717, 1.165) is 68.9 Å². The van der Waals surface area contributed by atoms with Crippen LogP contribution in [0.3, 0.4) is 0 Å². The number of H-pyrrole nitrogens is 1. The standard InChI is InChI=1S/C35H58N4O5/c1-11-28(34(41)44-35(8,9)10)13-14-29-25(5)32(26(6)39-15-17-42-18-16-39)38(12-2)21-31(29)27(7)43-22-36-20-30-23(3)19-24(4)37-33(30)40/h19,21,26-29,36H,11-18,20,22H2,1-10H3,(H,37,40)/t26?,27-,28?,29?/m0/s1. The number of ether oxygens (including phenoxy) is 3. The number of hydrogen-bond donors (Lipinski definition) is 2. The highest BCUT2D eigenvalue weighted by molar-refractivity contribution is 5.72. The summed E-state index contributed by atoms with van der Waals surface area (Å²) in [4.78, 5) is 33.3. The first-order chi connectivity index (χ1) is 20.8. The van der Waals surface area contributed by atoms with Gasteiger partial charge in [0, 0.05) is 61.3 Å². The average molecular weight is 615 g/mol. The fraction of sp³-hybridized carbons (Fsp3) is 0.714. The molecule has 44 heavy (non-hydrogen) atoms. The molecule has 3 heterocycles. The molecule has 2 aliphatic heterocycles. The van der Waals surface area contributed by atoms with E-state index >= 15 is 0 Å². The number of morpholine rings is 1. The van der Waals surface area contributed by atoms with Crippen LogP contribution in [0.25, 0.3) is 0 Å². The normalized spacial score (nSPS) is 20.4. The van der Waals surface area contributed by atoms with Gasteiger partial charge in [-0.05, 0) is 104 Å². The van der Waals surface area contributed by atoms with Crippen LogP contribution in [-0.4, -0.2) is 78.1 Å². The van der Waals surface area contributed by atoms with E-state index in [1.165, 1.54) is 16.8 Å². The molecule has 9 nitrogen and oxygen atoms in total. The number of carbonyl (C=O) groups is 1. The van der Waals surface area contributed by atoms with Gasteiger partial charge >= 0.3 is 5.97 Å². The van der Waals surface area contributed by atoms with E-state index < -0.39 is 5.60 Å². The molecular formula is C35H58N4O5. The molecule has 9 heteroatoms. The van der Waals surface area contributed by atoms with Crippen LogP contribution in [0.1, 0.15) is 91.5 Å². The smallest absolute Gasteiger partial charge is 0.309 e. The Hall–Kier alpha value is -2.46. The molecule has 248 valence electrons. The number of nitrogens with one attached hydrogen (secondary N) is 2. The van der Waals surface area contributed by atoms with Crippen molar-refractivity contribution in [3.05, 3.63) is 56.3 Å². The summed E-state index contributed by atoms with van der Waals surface area (Å²) >= 11 is 0. The van der Waals surface area contributed by atoms with Crippen LogP contribution < -0.4 is 10.9 Å². The van der Waals surface area contributed by atoms with Gasteiger partial charge in [0.1, 0.15) is 5.60 Å². The van der Waals surface area contributed by atoms with Crippen molar-refractivity contribution in [3.63, 3.8) is 0 Å². The van der Waals surface area contributed by atoms with Crippen molar-refractivity contribution < 1.29 is 19.0 Å². The Bertz CT molecular complexity index is 1220. The molecule has 0 bridgehead atoms. The summed E-state index contributed by atoms with van der Waals surface area (Å²) < 4.78 is 17.8. The first-order valence-electron chi connectivity index (χ1n) is 16.5. The molecule has 3 rings (SSSR count). The zero-order chi connectivity index (χ0) is 32.6. The lowest BCUT2D eigenvalue weighted by Gasteiger charge is -2.43. The van der Waals surface area contributed by atoms with Crippen LogP contribution in [0.2, 0.25) is 0 Å². The van der Waals surface area contributed by atoms with Crippen LogP contribution in [0, 0.1) is 25.7 Å². The van der Waals surface area contributed by atoms with E-state index in [1.807, 2.05) is 40.7 Å². The number of carbonyl (C=O) groups excluding carboxylic acids is 1. The second-order valence-electron chi connectivity index (χ2n) is 13.4. The molecule has 3 unspecified atom stereocenters. The second-order valence-corrected chi connectivity index (χ2v) is 13.4. The Kier molecular flexibility index (Phi) is 13.3. The Balaban J connectivity index is 1.81. The highest BCUT2D eigenvalue weighted by Crippen LogP contribution is 2.39. The first-order valence-corrected chi connectivity index (χ1v) is 16.5. The average Bonchev–Trinajstić information content (AvgIpc) is 2.95. The Morgan fingerprint density at radius 3 is 2.43 bits per heavy atom. The first kappa shape index (κ1) is 36.0. The number of rotatable bonds is 14. The third kappa shape index (κ3) is 9.52. The van der Waals surface area contributed by atoms with Crippen LogP contribution >= 0.6 is 0 Å². The van der Waals surface area contributed by atoms with Crippen molar-refractivity contribution >= 4 is 5.97 Å². The molecule has 0 amide bonds. The van der Waals surface area contributed by atoms with Gasteiger partial charge in [-0.1, -0.05) is 6.92 Å². The number of nitrogens with zero attached hydrogens (tertiary/aromatic N) is 2. The molecule has 1 fully saturated rings. The molecule has 0 aliphatic carbocycles. The van der Waals surface area contributed by atoms with Gasteiger partial charge in [0.25, 0.3) is 5.56 Å². The van der Waals surface area contributed by atoms with Crippen molar-refractivity contribution in [2.75, 3.05) is 39.6 Å². The number of likely N-dealkylation sites (N-methyl/N-ethyl adjacent to an activating group) is 1. The summed E-state index contributed by atoms with van der Waals surface area (Å²) in [6, 6.07) is 2.24. The maximum atomic E-state index is 13.1. The van der Waals surface area contributed by atoms with Gasteiger partial charge in [-0.25, -0.2) is 0 Å². The van der Waals surface area contributed by atoms with Gasteiger partial charge in [-0.2, -0.15) is 0 Å². The molecule has 1 aromatic rings. The number of aromatic amines is 1. The van der Waals surface area contributed by atoms with E-state index in [1.54, 1.807) is 0 Å². The maximum Gasteiger partial charge on any atom is 0.309 e. The molecule has 0 aromatic carbocycles. The quantitative estimate of drug-likeness (QED) is 0.163. The summed E-state index contributed by atoms with van der Waals surface area (Å²) in [5, 5.41) is 3.32. The number of pyridine rings is 1. The molecule has 0 spiro atoms. The number of allylic oxidation sites excluding steroid dienone is 1. The zero-order valence-electron chi connectivity index (χ0n) is 29.0. The summed E-state index contributed by atoms with van der Waals surface area (Å²) in [7, 11) is 0. The van der Waals surface area contributed by atoms with Crippen molar-refractivity contribution in [2.45, 2.75) is 113 Å². The Labute approximate surface area is 265 Å². The molecule has 1 saturated heterocycles. The molecule has 4 atom stereocenters. The van der Waals surface area contributed by atoms with Gasteiger partial charge in [0.2, 0.25) is 0 Å². The topological polar surface area (TPSA) is 96.1 Å². The number of aryl methyl sites for hydroxylation is 2. The van der Waals surface area contributed by atoms with E-state index in [2.05, 4.69) is 60.9 Å². The molecule has 2 aliphatic rings. The third-order valence-electron chi connectivity index (χ3n) is 9.01. The second kappa shape index (κ2) is 16.2. The molecule has 1 aromatic heterocycles. The Morgan fingerprint density at radius 1 is 1.16 bits per heavy atom. The molecule has 2 N–H and O–H groups in total. The van der Waals surface area contributed by atoms with E-state index in [-0.39, 0.29) is 35.5 Å². The summed E-state index contributed by atoms with van der Waals surface area (Å²) in [6.07, 6.45) is 4.46. The predicted octanol–water partition coefficient (Wildman–Crippen LogP) is 5.42. The van der Waals surface area contributed by atoms with E-state index in [9.17, 15) is 9.59 Å². The van der Waals surface area contributed by atoms with Gasteiger partial charge in [0.05, 0.1) is 32.0 Å². The third-order valence-corrected chi connectivity index (χ3v) is 9.01. The van der Waals surface area contributed by atoms with Crippen molar-refractivity contribution in [2.24, 2.45) is 11.8 Å². The summed E-state index contributed by atoms with van der Waals surface area (Å²) in [5.41, 5.74) is 5.89. The van der Waals surface area contributed by atoms with Gasteiger partial charge in [-0.3, -0.25) is 19.8 Å². The molecule has 0 radical (unpaired) electrons. The summed E-state index contributed by atoms with van der Waals surface area (Å²) in [6.45, 7) is 25.5. The zero-order valence-corrected chi connectivity index (χ0v) is 29.0. The highest BCUT2D eigenvalue weighted by atomic mass is 16.6. The monoisotopic (exact) mass is 614 g/mol.